The predicted octanol–water partition coefficient (Wildman–Crippen LogP) is 1.14. The van der Waals surface area contributed by atoms with Gasteiger partial charge in [0.2, 0.25) is 0 Å². The first-order valence-corrected chi connectivity index (χ1v) is 4.13. The van der Waals surface area contributed by atoms with E-state index in [4.69, 9.17) is 9.47 Å². The maximum absolute atomic E-state index is 10.7. The van der Waals surface area contributed by atoms with Gasteiger partial charge in [0, 0.05) is 19.1 Å². The number of esters is 1. The molecule has 0 spiro atoms. The topological polar surface area (TPSA) is 72.8 Å². The highest BCUT2D eigenvalue weighted by Crippen LogP contribution is 2.31. The van der Waals surface area contributed by atoms with Crippen LogP contribution in [0.25, 0.3) is 0 Å². The Bertz CT molecular complexity index is 397. The van der Waals surface area contributed by atoms with E-state index in [1.807, 2.05) is 0 Å². The molecule has 1 aromatic rings. The molecule has 0 heterocycles. The molecule has 1 N–H and O–H groups in total. The van der Waals surface area contributed by atoms with Crippen LogP contribution in [0.4, 0.5) is 0 Å². The second kappa shape index (κ2) is 4.45. The van der Waals surface area contributed by atoms with E-state index in [0.29, 0.717) is 12.0 Å². The van der Waals surface area contributed by atoms with Crippen LogP contribution in [0, 0.1) is 0 Å². The Hall–Kier alpha value is -2.04. The molecule has 0 aliphatic carbocycles. The molecule has 80 valence electrons. The van der Waals surface area contributed by atoms with Gasteiger partial charge in [-0.1, -0.05) is 0 Å². The monoisotopic (exact) mass is 210 g/mol. The van der Waals surface area contributed by atoms with Crippen molar-refractivity contribution in [2.24, 2.45) is 0 Å². The molecule has 0 radical (unpaired) electrons. The van der Waals surface area contributed by atoms with E-state index in [2.05, 4.69) is 0 Å². The predicted molar refractivity (Wildman–Crippen MR) is 51.4 cm³/mol. The first-order valence-electron chi connectivity index (χ1n) is 4.13. The van der Waals surface area contributed by atoms with Crippen molar-refractivity contribution >= 4 is 12.3 Å². The highest BCUT2D eigenvalue weighted by atomic mass is 16.5. The maximum Gasteiger partial charge on any atom is 0.308 e. The molecule has 0 atom stereocenters. The van der Waals surface area contributed by atoms with Crippen LogP contribution in [-0.2, 0) is 4.79 Å². The summed E-state index contributed by atoms with van der Waals surface area (Å²) in [6.07, 6.45) is 0.410. The number of benzene rings is 1. The Labute approximate surface area is 86.2 Å². The third kappa shape index (κ3) is 2.46. The van der Waals surface area contributed by atoms with Gasteiger partial charge in [0.25, 0.3) is 0 Å². The summed E-state index contributed by atoms with van der Waals surface area (Å²) >= 11 is 0. The van der Waals surface area contributed by atoms with Gasteiger partial charge in [0.1, 0.15) is 17.2 Å². The van der Waals surface area contributed by atoms with Crippen LogP contribution >= 0.6 is 0 Å². The van der Waals surface area contributed by atoms with E-state index < -0.39 is 5.97 Å². The van der Waals surface area contributed by atoms with Crippen LogP contribution in [0.1, 0.15) is 17.3 Å². The van der Waals surface area contributed by atoms with Gasteiger partial charge >= 0.3 is 5.97 Å². The Balaban J connectivity index is 3.25. The highest BCUT2D eigenvalue weighted by molar-refractivity contribution is 5.86. The van der Waals surface area contributed by atoms with Gasteiger partial charge in [-0.05, 0) is 0 Å². The Morgan fingerprint density at radius 2 is 2.13 bits per heavy atom. The lowest BCUT2D eigenvalue weighted by molar-refractivity contribution is -0.131. The lowest BCUT2D eigenvalue weighted by Gasteiger charge is -2.08. The number of aldehydes is 1. The second-order valence-electron chi connectivity index (χ2n) is 2.77. The van der Waals surface area contributed by atoms with Crippen molar-refractivity contribution in [3.05, 3.63) is 17.7 Å². The number of carbonyl (C=O) groups excluding carboxylic acids is 2. The molecule has 5 nitrogen and oxygen atoms in total. The molecule has 0 bridgehead atoms. The number of aromatic hydroxyl groups is 1. The fraction of sp³-hybridized carbons (Fsp3) is 0.200. The van der Waals surface area contributed by atoms with E-state index in [-0.39, 0.29) is 17.1 Å². The molecular weight excluding hydrogens is 200 g/mol. The van der Waals surface area contributed by atoms with Crippen molar-refractivity contribution in [1.29, 1.82) is 0 Å². The molecule has 0 saturated carbocycles. The van der Waals surface area contributed by atoms with Gasteiger partial charge in [-0.3, -0.25) is 9.59 Å². The molecule has 15 heavy (non-hydrogen) atoms. The van der Waals surface area contributed by atoms with Gasteiger partial charge in [-0.2, -0.15) is 0 Å². The smallest absolute Gasteiger partial charge is 0.308 e. The molecule has 0 fully saturated rings. The van der Waals surface area contributed by atoms with Crippen molar-refractivity contribution in [2.45, 2.75) is 6.92 Å². The highest BCUT2D eigenvalue weighted by Gasteiger charge is 2.13. The molecule has 1 aromatic carbocycles. The quantitative estimate of drug-likeness (QED) is 0.460. The summed E-state index contributed by atoms with van der Waals surface area (Å²) in [7, 11) is 1.40. The molecule has 0 aliphatic heterocycles. The van der Waals surface area contributed by atoms with Gasteiger partial charge in [0.15, 0.2) is 6.29 Å². The summed E-state index contributed by atoms with van der Waals surface area (Å²) in [5.74, 6) is -0.588. The zero-order valence-electron chi connectivity index (χ0n) is 8.31. The van der Waals surface area contributed by atoms with Gasteiger partial charge in [-0.25, -0.2) is 0 Å². The molecule has 0 amide bonds. The fourth-order valence-corrected chi connectivity index (χ4v) is 1.06. The standard InChI is InChI=1S/C10H10O5/c1-6(12)15-10-4-7(14-2)3-9(13)8(10)5-11/h3-5,13H,1-2H3. The first kappa shape index (κ1) is 11.0. The molecule has 0 aliphatic rings. The van der Waals surface area contributed by atoms with Gasteiger partial charge in [-0.15, -0.1) is 0 Å². The lowest BCUT2D eigenvalue weighted by Crippen LogP contribution is -2.04. The van der Waals surface area contributed by atoms with E-state index in [1.165, 1.54) is 26.2 Å². The average molecular weight is 210 g/mol. The first-order chi connectivity index (χ1) is 7.08. The van der Waals surface area contributed by atoms with Crippen molar-refractivity contribution in [2.75, 3.05) is 7.11 Å². The molecule has 0 saturated heterocycles. The number of phenolic OH excluding ortho intramolecular Hbond substituents is 1. The van der Waals surface area contributed by atoms with Crippen molar-refractivity contribution in [3.8, 4) is 17.2 Å². The number of hydrogen-bond donors (Lipinski definition) is 1. The maximum atomic E-state index is 10.7. The van der Waals surface area contributed by atoms with Crippen LogP contribution < -0.4 is 9.47 Å². The SMILES string of the molecule is COc1cc(O)c(C=O)c(OC(C)=O)c1. The van der Waals surface area contributed by atoms with Crippen molar-refractivity contribution in [1.82, 2.24) is 0 Å². The summed E-state index contributed by atoms with van der Waals surface area (Å²) in [6.45, 7) is 1.20. The van der Waals surface area contributed by atoms with Crippen LogP contribution in [0.5, 0.6) is 17.2 Å². The summed E-state index contributed by atoms with van der Waals surface area (Å²) in [6, 6.07) is 2.61. The summed E-state index contributed by atoms with van der Waals surface area (Å²) < 4.78 is 9.60. The largest absolute Gasteiger partial charge is 0.507 e. The van der Waals surface area contributed by atoms with Crippen LogP contribution in [-0.4, -0.2) is 24.5 Å². The zero-order valence-corrected chi connectivity index (χ0v) is 8.31. The third-order valence-corrected chi connectivity index (χ3v) is 1.70. The van der Waals surface area contributed by atoms with E-state index in [9.17, 15) is 14.7 Å². The van der Waals surface area contributed by atoms with Crippen LogP contribution in [0.3, 0.4) is 0 Å². The number of rotatable bonds is 3. The summed E-state index contributed by atoms with van der Waals surface area (Å²) in [5.41, 5.74) is -0.0778. The minimum Gasteiger partial charge on any atom is -0.507 e. The molecular formula is C10H10O5. The van der Waals surface area contributed by atoms with Crippen molar-refractivity contribution in [3.63, 3.8) is 0 Å². The number of hydrogen-bond acceptors (Lipinski definition) is 5. The van der Waals surface area contributed by atoms with E-state index in [0.717, 1.165) is 0 Å². The fourth-order valence-electron chi connectivity index (χ4n) is 1.06. The number of methoxy groups -OCH3 is 1. The summed E-state index contributed by atoms with van der Waals surface area (Å²) in [4.78, 5) is 21.4. The molecule has 5 heteroatoms. The Morgan fingerprint density at radius 3 is 2.60 bits per heavy atom. The normalized spacial score (nSPS) is 9.47. The number of carbonyl (C=O) groups is 2. The second-order valence-corrected chi connectivity index (χ2v) is 2.77. The van der Waals surface area contributed by atoms with E-state index >= 15 is 0 Å². The van der Waals surface area contributed by atoms with Crippen LogP contribution in [0.2, 0.25) is 0 Å². The summed E-state index contributed by atoms with van der Waals surface area (Å²) in [5, 5.41) is 9.41. The minimum atomic E-state index is -0.578. The van der Waals surface area contributed by atoms with Crippen molar-refractivity contribution < 1.29 is 24.2 Å². The number of ether oxygens (including phenoxy) is 2. The van der Waals surface area contributed by atoms with Gasteiger partial charge < -0.3 is 14.6 Å². The zero-order chi connectivity index (χ0) is 11.4. The third-order valence-electron chi connectivity index (χ3n) is 1.70. The minimum absolute atomic E-state index is 0.0191. The molecule has 0 unspecified atom stereocenters. The average Bonchev–Trinajstić information content (AvgIpc) is 2.16. The number of phenols is 1. The van der Waals surface area contributed by atoms with E-state index in [1.54, 1.807) is 0 Å². The molecule has 0 aromatic heterocycles. The van der Waals surface area contributed by atoms with Crippen LogP contribution in [0.15, 0.2) is 12.1 Å². The Morgan fingerprint density at radius 1 is 1.47 bits per heavy atom. The lowest BCUT2D eigenvalue weighted by atomic mass is 10.2. The van der Waals surface area contributed by atoms with Gasteiger partial charge in [0.05, 0.1) is 12.7 Å². The Kier molecular flexibility index (Phi) is 3.28. The molecule has 1 rings (SSSR count).